The summed E-state index contributed by atoms with van der Waals surface area (Å²) in [4.78, 5) is 25.0. The normalized spacial score (nSPS) is 11.3. The van der Waals surface area contributed by atoms with Crippen LogP contribution in [0.1, 0.15) is 67.6 Å². The van der Waals surface area contributed by atoms with E-state index in [1.165, 1.54) is 5.57 Å². The van der Waals surface area contributed by atoms with Gasteiger partial charge in [0.2, 0.25) is 0 Å². The molecule has 0 saturated heterocycles. The topological polar surface area (TPSA) is 67.4 Å². The number of nitrogens with zero attached hydrogens (tertiary/aromatic N) is 3. The van der Waals surface area contributed by atoms with Crippen molar-refractivity contribution in [2.24, 2.45) is 0 Å². The molecule has 0 radical (unpaired) electrons. The van der Waals surface area contributed by atoms with Crippen molar-refractivity contribution < 1.29 is 9.53 Å². The van der Waals surface area contributed by atoms with Crippen LogP contribution in [0.3, 0.4) is 0 Å². The first-order chi connectivity index (χ1) is 20.6. The molecule has 0 unspecified atom stereocenters. The van der Waals surface area contributed by atoms with Crippen molar-refractivity contribution in [2.45, 2.75) is 54.4 Å². The minimum absolute atomic E-state index is 0.184. The highest BCUT2D eigenvalue weighted by molar-refractivity contribution is 6.13. The first-order valence-electron chi connectivity index (χ1n) is 14.7. The van der Waals surface area contributed by atoms with Crippen LogP contribution in [0.4, 0.5) is 5.69 Å². The number of amides is 1. The molecular weight excluding hydrogens is 532 g/mol. The molecule has 0 aliphatic carbocycles. The maximum Gasteiger partial charge on any atom is 0.256 e. The number of benzene rings is 2. The third-order valence-corrected chi connectivity index (χ3v) is 7.53. The van der Waals surface area contributed by atoms with Crippen LogP contribution in [0, 0.1) is 13.8 Å². The number of aromatic nitrogens is 2. The molecule has 2 heterocycles. The van der Waals surface area contributed by atoms with Gasteiger partial charge < -0.3 is 15.0 Å². The Morgan fingerprint density at radius 2 is 1.81 bits per heavy atom. The lowest BCUT2D eigenvalue weighted by atomic mass is 9.99. The summed E-state index contributed by atoms with van der Waals surface area (Å²) in [5.74, 6) is 1.75. The molecule has 222 valence electrons. The third-order valence-electron chi connectivity index (χ3n) is 7.53. The number of aryl methyl sites for hydroxylation is 2. The van der Waals surface area contributed by atoms with Crippen LogP contribution < -0.4 is 5.32 Å². The molecule has 0 atom stereocenters. The molecule has 0 aliphatic heterocycles. The van der Waals surface area contributed by atoms with Crippen LogP contribution in [-0.2, 0) is 4.74 Å². The second-order valence-corrected chi connectivity index (χ2v) is 11.2. The van der Waals surface area contributed by atoms with Gasteiger partial charge in [-0.05, 0) is 107 Å². The fourth-order valence-corrected chi connectivity index (χ4v) is 4.96. The molecule has 43 heavy (non-hydrogen) atoms. The van der Waals surface area contributed by atoms with E-state index in [1.807, 2.05) is 82.3 Å². The Kier molecular flexibility index (Phi) is 10.1. The third kappa shape index (κ3) is 7.77. The average molecular weight is 575 g/mol. The van der Waals surface area contributed by atoms with Crippen molar-refractivity contribution in [2.75, 3.05) is 18.9 Å². The molecule has 6 nitrogen and oxygen atoms in total. The lowest BCUT2D eigenvalue weighted by Crippen LogP contribution is -2.18. The summed E-state index contributed by atoms with van der Waals surface area (Å²) in [6.45, 7) is 17.4. The van der Waals surface area contributed by atoms with Gasteiger partial charge in [-0.15, -0.1) is 0 Å². The maximum atomic E-state index is 13.7. The quantitative estimate of drug-likeness (QED) is 0.181. The number of carbonyl (C=O) groups excluding carboxylic acids is 1. The molecule has 2 aromatic carbocycles. The number of pyridine rings is 2. The molecule has 0 bridgehead atoms. The van der Waals surface area contributed by atoms with Gasteiger partial charge in [-0.25, -0.2) is 4.98 Å². The van der Waals surface area contributed by atoms with E-state index in [1.54, 1.807) is 12.4 Å². The van der Waals surface area contributed by atoms with E-state index in [-0.39, 0.29) is 5.91 Å². The zero-order valence-corrected chi connectivity index (χ0v) is 26.4. The van der Waals surface area contributed by atoms with Crippen molar-refractivity contribution in [3.05, 3.63) is 119 Å². The van der Waals surface area contributed by atoms with Crippen LogP contribution in [0.15, 0.2) is 96.7 Å². The predicted molar refractivity (Wildman–Crippen MR) is 179 cm³/mol. The molecular formula is C37H42N4O2. The second-order valence-electron chi connectivity index (χ2n) is 11.2. The molecule has 2 aromatic heterocycles. The van der Waals surface area contributed by atoms with Crippen LogP contribution in [0.2, 0.25) is 0 Å². The molecule has 0 saturated carbocycles. The molecule has 0 fully saturated rings. The number of allylic oxidation sites excluding steroid dienone is 4. The zero-order chi connectivity index (χ0) is 31.1. The van der Waals surface area contributed by atoms with Gasteiger partial charge >= 0.3 is 0 Å². The summed E-state index contributed by atoms with van der Waals surface area (Å²) in [5.41, 5.74) is 8.91. The average Bonchev–Trinajstić information content (AvgIpc) is 3.00. The van der Waals surface area contributed by atoms with Crippen LogP contribution in [0.25, 0.3) is 27.9 Å². The number of hydrogen-bond donors (Lipinski definition) is 1. The Labute approximate surface area is 255 Å². The van der Waals surface area contributed by atoms with Gasteiger partial charge in [-0.3, -0.25) is 9.78 Å². The molecule has 6 heteroatoms. The van der Waals surface area contributed by atoms with E-state index < -0.39 is 0 Å². The highest BCUT2D eigenvalue weighted by atomic mass is 16.5. The Balaban J connectivity index is 1.47. The number of carbonyl (C=O) groups is 1. The zero-order valence-electron chi connectivity index (χ0n) is 26.4. The van der Waals surface area contributed by atoms with Crippen molar-refractivity contribution >= 4 is 28.2 Å². The van der Waals surface area contributed by atoms with E-state index in [4.69, 9.17) is 9.72 Å². The van der Waals surface area contributed by atoms with E-state index in [0.29, 0.717) is 16.9 Å². The molecule has 1 N–H and O–H groups in total. The highest BCUT2D eigenvalue weighted by Gasteiger charge is 2.17. The van der Waals surface area contributed by atoms with E-state index >= 15 is 0 Å². The van der Waals surface area contributed by atoms with Crippen molar-refractivity contribution in [1.82, 2.24) is 14.9 Å². The maximum absolute atomic E-state index is 13.7. The number of fused-ring (bicyclic) bond motifs is 1. The first-order valence-corrected chi connectivity index (χ1v) is 14.7. The Morgan fingerprint density at radius 1 is 1.07 bits per heavy atom. The van der Waals surface area contributed by atoms with Gasteiger partial charge in [0.25, 0.3) is 5.91 Å². The van der Waals surface area contributed by atoms with Crippen molar-refractivity contribution in [1.29, 1.82) is 0 Å². The van der Waals surface area contributed by atoms with E-state index in [2.05, 4.69) is 48.7 Å². The van der Waals surface area contributed by atoms with Gasteiger partial charge in [0.15, 0.2) is 0 Å². The molecule has 4 aromatic rings. The number of nitrogens with one attached hydrogen (secondary N) is 1. The fraction of sp³-hybridized carbons (Fsp3) is 0.270. The summed E-state index contributed by atoms with van der Waals surface area (Å²) >= 11 is 0. The summed E-state index contributed by atoms with van der Waals surface area (Å²) in [7, 11) is 2.05. The Morgan fingerprint density at radius 3 is 2.47 bits per heavy atom. The molecule has 0 aliphatic rings. The second kappa shape index (κ2) is 14.0. The van der Waals surface area contributed by atoms with Gasteiger partial charge in [0, 0.05) is 54.7 Å². The van der Waals surface area contributed by atoms with Gasteiger partial charge in [-0.1, -0.05) is 30.3 Å². The van der Waals surface area contributed by atoms with Gasteiger partial charge in [0.05, 0.1) is 22.5 Å². The number of hydrogen-bond acceptors (Lipinski definition) is 5. The first kappa shape index (κ1) is 31.2. The van der Waals surface area contributed by atoms with Crippen LogP contribution in [-0.4, -0.2) is 34.4 Å². The summed E-state index contributed by atoms with van der Waals surface area (Å²) < 4.78 is 5.99. The minimum atomic E-state index is -0.184. The standard InChI is InChI=1S/C37H42N4O2/c1-9-27(6)43-35(24(2)3)13-11-19-41(8)28(7)29-14-16-31(17-15-29)39-37(42)33-22-34(30-12-10-18-38-23-30)40-36-26(5)20-25(4)21-32(33)36/h9-10,12,14-18,20-23H,7,11,13,19H2,1-6,8H3,(H,39,42)/b27-9-. The Hall–Kier alpha value is -4.71. The monoisotopic (exact) mass is 574 g/mol. The number of rotatable bonds is 11. The predicted octanol–water partition coefficient (Wildman–Crippen LogP) is 9.08. The van der Waals surface area contributed by atoms with Crippen molar-refractivity contribution in [3.8, 4) is 11.3 Å². The lowest BCUT2D eigenvalue weighted by Gasteiger charge is -2.23. The largest absolute Gasteiger partial charge is 0.467 e. The van der Waals surface area contributed by atoms with Crippen molar-refractivity contribution in [3.63, 3.8) is 0 Å². The molecule has 0 spiro atoms. The highest BCUT2D eigenvalue weighted by Crippen LogP contribution is 2.29. The fourth-order valence-electron chi connectivity index (χ4n) is 4.96. The van der Waals surface area contributed by atoms with E-state index in [9.17, 15) is 4.79 Å². The summed E-state index contributed by atoms with van der Waals surface area (Å²) in [6, 6.07) is 17.6. The number of ether oxygens (including phenoxy) is 1. The SMILES string of the molecule is C=C(c1ccc(NC(=O)c2cc(-c3cccnc3)nc3c(C)cc(C)cc23)cc1)N(C)CCCC(O/C(C)=C\C)=C(C)C. The van der Waals surface area contributed by atoms with Gasteiger partial charge in [-0.2, -0.15) is 0 Å². The van der Waals surface area contributed by atoms with Crippen LogP contribution >= 0.6 is 0 Å². The summed E-state index contributed by atoms with van der Waals surface area (Å²) in [5, 5.41) is 3.92. The van der Waals surface area contributed by atoms with Crippen LogP contribution in [0.5, 0.6) is 0 Å². The minimum Gasteiger partial charge on any atom is -0.467 e. The molecule has 4 rings (SSSR count). The van der Waals surface area contributed by atoms with E-state index in [0.717, 1.165) is 69.8 Å². The number of anilines is 1. The summed E-state index contributed by atoms with van der Waals surface area (Å²) in [6.07, 6.45) is 7.28. The smallest absolute Gasteiger partial charge is 0.256 e. The molecule has 1 amide bonds. The van der Waals surface area contributed by atoms with Gasteiger partial charge in [0.1, 0.15) is 5.76 Å². The lowest BCUT2D eigenvalue weighted by molar-refractivity contribution is 0.102. The Bertz CT molecular complexity index is 1680.